The van der Waals surface area contributed by atoms with Crippen LogP contribution in [0.3, 0.4) is 0 Å². The molecule has 1 aliphatic carbocycles. The molecule has 1 amide bonds. The van der Waals surface area contributed by atoms with Crippen LogP contribution in [0.15, 0.2) is 36.4 Å². The molecule has 0 saturated heterocycles. The average Bonchev–Trinajstić information content (AvgIpc) is 3.17. The molecule has 0 bridgehead atoms. The Morgan fingerprint density at radius 1 is 1.07 bits per heavy atom. The summed E-state index contributed by atoms with van der Waals surface area (Å²) < 4.78 is 5.14. The van der Waals surface area contributed by atoms with E-state index in [0.29, 0.717) is 16.3 Å². The zero-order chi connectivity index (χ0) is 21.0. The number of ether oxygens (including phenoxy) is 1. The van der Waals surface area contributed by atoms with Gasteiger partial charge in [-0.3, -0.25) is 14.4 Å². The van der Waals surface area contributed by atoms with E-state index in [4.69, 9.17) is 27.9 Å². The van der Waals surface area contributed by atoms with Crippen LogP contribution in [0, 0.1) is 0 Å². The molecule has 5 nitrogen and oxygen atoms in total. The van der Waals surface area contributed by atoms with E-state index in [9.17, 15) is 14.4 Å². The first kappa shape index (κ1) is 21.3. The van der Waals surface area contributed by atoms with Crippen molar-refractivity contribution in [3.8, 4) is 0 Å². The fourth-order valence-corrected chi connectivity index (χ4v) is 3.60. The average molecular weight is 434 g/mol. The first-order valence-electron chi connectivity index (χ1n) is 9.44. The summed E-state index contributed by atoms with van der Waals surface area (Å²) >= 11 is 11.9. The van der Waals surface area contributed by atoms with Crippen molar-refractivity contribution in [2.45, 2.75) is 45.1 Å². The van der Waals surface area contributed by atoms with Gasteiger partial charge >= 0.3 is 5.97 Å². The van der Waals surface area contributed by atoms with Crippen molar-refractivity contribution in [2.75, 3.05) is 5.32 Å². The first-order chi connectivity index (χ1) is 13.8. The van der Waals surface area contributed by atoms with Gasteiger partial charge in [0, 0.05) is 12.0 Å². The summed E-state index contributed by atoms with van der Waals surface area (Å²) in [6.07, 6.45) is 2.06. The standard InChI is InChI=1S/C22H21Cl2NO4/c1-13(22(28)25-18-7-3-6-17(23)21(18)24)29-20(27)11-10-19(26)16-9-8-14-4-2-5-15(14)12-16/h3,6-9,12-13H,2,4-5,10-11H2,1H3,(H,25,28). The van der Waals surface area contributed by atoms with E-state index >= 15 is 0 Å². The molecule has 0 heterocycles. The molecule has 0 saturated carbocycles. The summed E-state index contributed by atoms with van der Waals surface area (Å²) in [5.74, 6) is -1.26. The largest absolute Gasteiger partial charge is 0.453 e. The third-order valence-corrected chi connectivity index (χ3v) is 5.68. The van der Waals surface area contributed by atoms with Crippen LogP contribution in [0.25, 0.3) is 0 Å². The van der Waals surface area contributed by atoms with Gasteiger partial charge in [0.05, 0.1) is 22.2 Å². The molecule has 0 radical (unpaired) electrons. The zero-order valence-electron chi connectivity index (χ0n) is 16.0. The number of carbonyl (C=O) groups excluding carboxylic acids is 3. The van der Waals surface area contributed by atoms with E-state index in [-0.39, 0.29) is 23.6 Å². The third kappa shape index (κ3) is 5.37. The number of nitrogens with one attached hydrogen (secondary N) is 1. The van der Waals surface area contributed by atoms with Gasteiger partial charge in [0.25, 0.3) is 5.91 Å². The second kappa shape index (κ2) is 9.42. The number of Topliss-reactive ketones (excluding diaryl/α,β-unsaturated/α-hetero) is 1. The Balaban J connectivity index is 1.49. The quantitative estimate of drug-likeness (QED) is 0.491. The van der Waals surface area contributed by atoms with Crippen LogP contribution < -0.4 is 5.32 Å². The van der Waals surface area contributed by atoms with E-state index in [1.165, 1.54) is 18.1 Å². The monoisotopic (exact) mass is 433 g/mol. The Kier molecular flexibility index (Phi) is 6.93. The number of hydrogen-bond donors (Lipinski definition) is 1. The molecule has 2 aromatic rings. The number of amides is 1. The zero-order valence-corrected chi connectivity index (χ0v) is 17.5. The molecular formula is C22H21Cl2NO4. The highest BCUT2D eigenvalue weighted by Gasteiger charge is 2.20. The maximum Gasteiger partial charge on any atom is 0.307 e. The minimum atomic E-state index is -1.03. The molecule has 3 rings (SSSR count). The number of aryl methyl sites for hydroxylation is 2. The molecule has 2 aromatic carbocycles. The van der Waals surface area contributed by atoms with E-state index in [0.717, 1.165) is 19.3 Å². The fraction of sp³-hybridized carbons (Fsp3) is 0.318. The lowest BCUT2D eigenvalue weighted by atomic mass is 10.0. The van der Waals surface area contributed by atoms with Gasteiger partial charge in [-0.15, -0.1) is 0 Å². The SMILES string of the molecule is CC(OC(=O)CCC(=O)c1ccc2c(c1)CCC2)C(=O)Nc1cccc(Cl)c1Cl. The second-order valence-corrected chi connectivity index (χ2v) is 7.77. The van der Waals surface area contributed by atoms with Gasteiger partial charge in [0.1, 0.15) is 0 Å². The van der Waals surface area contributed by atoms with Crippen LogP contribution in [-0.4, -0.2) is 23.8 Å². The Morgan fingerprint density at radius 2 is 1.83 bits per heavy atom. The number of rotatable bonds is 7. The highest BCUT2D eigenvalue weighted by atomic mass is 35.5. The van der Waals surface area contributed by atoms with Gasteiger partial charge < -0.3 is 10.1 Å². The number of hydrogen-bond acceptors (Lipinski definition) is 4. The highest BCUT2D eigenvalue weighted by molar-refractivity contribution is 6.44. The molecule has 1 N–H and O–H groups in total. The van der Waals surface area contributed by atoms with Crippen molar-refractivity contribution in [3.63, 3.8) is 0 Å². The number of ketones is 1. The molecule has 0 fully saturated rings. The van der Waals surface area contributed by atoms with Crippen molar-refractivity contribution in [3.05, 3.63) is 63.1 Å². The lowest BCUT2D eigenvalue weighted by molar-refractivity contribution is -0.153. The maximum atomic E-state index is 12.4. The van der Waals surface area contributed by atoms with Crippen LogP contribution >= 0.6 is 23.2 Å². The summed E-state index contributed by atoms with van der Waals surface area (Å²) in [6.45, 7) is 1.45. The molecule has 1 aliphatic rings. The predicted octanol–water partition coefficient (Wildman–Crippen LogP) is 5.02. The number of halogens is 2. The number of fused-ring (bicyclic) bond motifs is 1. The lowest BCUT2D eigenvalue weighted by Gasteiger charge is -2.14. The van der Waals surface area contributed by atoms with Gasteiger partial charge in [-0.2, -0.15) is 0 Å². The molecule has 0 spiro atoms. The second-order valence-electron chi connectivity index (χ2n) is 6.98. The molecule has 0 aromatic heterocycles. The summed E-state index contributed by atoms with van der Waals surface area (Å²) in [5.41, 5.74) is 3.45. The van der Waals surface area contributed by atoms with Gasteiger partial charge in [-0.1, -0.05) is 41.4 Å². The van der Waals surface area contributed by atoms with E-state index in [1.54, 1.807) is 18.2 Å². The Bertz CT molecular complexity index is 958. The Morgan fingerprint density at radius 3 is 2.62 bits per heavy atom. The minimum absolute atomic E-state index is 0.0338. The summed E-state index contributed by atoms with van der Waals surface area (Å²) in [6, 6.07) is 10.5. The van der Waals surface area contributed by atoms with Crippen LogP contribution in [-0.2, 0) is 27.2 Å². The topological polar surface area (TPSA) is 72.5 Å². The number of carbonyl (C=O) groups is 3. The molecule has 29 heavy (non-hydrogen) atoms. The molecule has 0 aliphatic heterocycles. The number of anilines is 1. The van der Waals surface area contributed by atoms with Gasteiger partial charge in [-0.05, 0) is 55.5 Å². The Labute approximate surface area is 179 Å². The van der Waals surface area contributed by atoms with Gasteiger partial charge in [0.15, 0.2) is 11.9 Å². The van der Waals surface area contributed by atoms with Gasteiger partial charge in [-0.25, -0.2) is 0 Å². The van der Waals surface area contributed by atoms with E-state index in [2.05, 4.69) is 5.32 Å². The van der Waals surface area contributed by atoms with E-state index in [1.807, 2.05) is 18.2 Å². The van der Waals surface area contributed by atoms with Crippen LogP contribution in [0.2, 0.25) is 10.0 Å². The van der Waals surface area contributed by atoms with Crippen LogP contribution in [0.4, 0.5) is 5.69 Å². The molecule has 1 atom stereocenters. The minimum Gasteiger partial charge on any atom is -0.453 e. The first-order valence-corrected chi connectivity index (χ1v) is 10.2. The predicted molar refractivity (Wildman–Crippen MR) is 113 cm³/mol. The maximum absolute atomic E-state index is 12.4. The van der Waals surface area contributed by atoms with Gasteiger partial charge in [0.2, 0.25) is 0 Å². The summed E-state index contributed by atoms with van der Waals surface area (Å²) in [7, 11) is 0. The highest BCUT2D eigenvalue weighted by Crippen LogP contribution is 2.29. The fourth-order valence-electron chi connectivity index (χ4n) is 3.25. The molecule has 1 unspecified atom stereocenters. The molecule has 152 valence electrons. The van der Waals surface area contributed by atoms with E-state index < -0.39 is 18.0 Å². The van der Waals surface area contributed by atoms with Crippen molar-refractivity contribution in [1.29, 1.82) is 0 Å². The Hall–Kier alpha value is -2.37. The van der Waals surface area contributed by atoms with Crippen molar-refractivity contribution >= 4 is 46.5 Å². The van der Waals surface area contributed by atoms with Crippen molar-refractivity contribution in [1.82, 2.24) is 0 Å². The lowest BCUT2D eigenvalue weighted by Crippen LogP contribution is -2.30. The molecule has 7 heteroatoms. The third-order valence-electron chi connectivity index (χ3n) is 4.86. The van der Waals surface area contributed by atoms with Crippen LogP contribution in [0.1, 0.15) is 47.7 Å². The summed E-state index contributed by atoms with van der Waals surface area (Å²) in [5, 5.41) is 3.09. The van der Waals surface area contributed by atoms with Crippen molar-refractivity contribution < 1.29 is 19.1 Å². The van der Waals surface area contributed by atoms with Crippen LogP contribution in [0.5, 0.6) is 0 Å². The summed E-state index contributed by atoms with van der Waals surface area (Å²) in [4.78, 5) is 36.6. The number of esters is 1. The smallest absolute Gasteiger partial charge is 0.307 e. The van der Waals surface area contributed by atoms with Crippen molar-refractivity contribution in [2.24, 2.45) is 0 Å². The molecular weight excluding hydrogens is 413 g/mol. The normalized spacial score (nSPS) is 13.5. The number of benzene rings is 2.